The quantitative estimate of drug-likeness (QED) is 0.257. The number of amides is 1. The summed E-state index contributed by atoms with van der Waals surface area (Å²) in [6.07, 6.45) is 3.51. The van der Waals surface area contributed by atoms with Crippen molar-refractivity contribution in [1.82, 2.24) is 4.90 Å². The van der Waals surface area contributed by atoms with Gasteiger partial charge in [-0.3, -0.25) is 4.79 Å². The summed E-state index contributed by atoms with van der Waals surface area (Å²) in [7, 11) is 0. The van der Waals surface area contributed by atoms with Crippen molar-refractivity contribution in [1.29, 1.82) is 0 Å². The van der Waals surface area contributed by atoms with Crippen molar-refractivity contribution in [3.8, 4) is 0 Å². The molecule has 1 aliphatic heterocycles. The van der Waals surface area contributed by atoms with E-state index in [1.807, 2.05) is 58.0 Å². The fourth-order valence-corrected chi connectivity index (χ4v) is 4.60. The number of hydrogen-bond acceptors (Lipinski definition) is 7. The Labute approximate surface area is 209 Å². The lowest BCUT2D eigenvalue weighted by molar-refractivity contribution is -0.239. The fourth-order valence-electron chi connectivity index (χ4n) is 4.60. The number of carbonyl (C=O) groups is 2. The molecule has 0 bridgehead atoms. The van der Waals surface area contributed by atoms with Crippen LogP contribution in [0.5, 0.6) is 0 Å². The van der Waals surface area contributed by atoms with Crippen molar-refractivity contribution in [3.05, 3.63) is 35.9 Å². The zero-order chi connectivity index (χ0) is 25.3. The highest BCUT2D eigenvalue weighted by Gasteiger charge is 2.40. The first-order valence-electron chi connectivity index (χ1n) is 12.8. The van der Waals surface area contributed by atoms with Crippen LogP contribution in [0.1, 0.15) is 71.8 Å². The van der Waals surface area contributed by atoms with Gasteiger partial charge >= 0.3 is 12.1 Å². The molecular formula is C27H41NO7. The van der Waals surface area contributed by atoms with Gasteiger partial charge in [-0.15, -0.1) is 0 Å². The number of ether oxygens (including phenoxy) is 5. The van der Waals surface area contributed by atoms with Gasteiger partial charge in [-0.2, -0.15) is 0 Å². The van der Waals surface area contributed by atoms with Crippen molar-refractivity contribution in [3.63, 3.8) is 0 Å². The minimum Gasteiger partial charge on any atom is -0.466 e. The largest absolute Gasteiger partial charge is 0.466 e. The first-order valence-corrected chi connectivity index (χ1v) is 12.8. The van der Waals surface area contributed by atoms with E-state index in [4.69, 9.17) is 23.7 Å². The van der Waals surface area contributed by atoms with Gasteiger partial charge in [-0.25, -0.2) is 4.79 Å². The SMILES string of the molecule is CCOC(=O)C1CCC(OC(OCOCc2ccccc2)[C@@H]2CCCN2C(=O)OC(C)(C)C)CC1. The van der Waals surface area contributed by atoms with Crippen LogP contribution in [0.4, 0.5) is 4.79 Å². The lowest BCUT2D eigenvalue weighted by atomic mass is 9.87. The van der Waals surface area contributed by atoms with Gasteiger partial charge in [0.25, 0.3) is 0 Å². The predicted octanol–water partition coefficient (Wildman–Crippen LogP) is 5.04. The molecule has 196 valence electrons. The van der Waals surface area contributed by atoms with E-state index in [0.29, 0.717) is 19.8 Å². The molecule has 0 aromatic heterocycles. The van der Waals surface area contributed by atoms with Gasteiger partial charge < -0.3 is 28.6 Å². The van der Waals surface area contributed by atoms with Crippen molar-refractivity contribution >= 4 is 12.1 Å². The molecule has 1 aliphatic carbocycles. The molecule has 1 saturated carbocycles. The van der Waals surface area contributed by atoms with Crippen molar-refractivity contribution < 1.29 is 33.3 Å². The predicted molar refractivity (Wildman–Crippen MR) is 130 cm³/mol. The monoisotopic (exact) mass is 491 g/mol. The molecule has 1 saturated heterocycles. The maximum atomic E-state index is 12.9. The summed E-state index contributed by atoms with van der Waals surface area (Å²) in [4.78, 5) is 26.7. The fraction of sp³-hybridized carbons (Fsp3) is 0.704. The van der Waals surface area contributed by atoms with Crippen LogP contribution in [0, 0.1) is 5.92 Å². The smallest absolute Gasteiger partial charge is 0.410 e. The highest BCUT2D eigenvalue weighted by atomic mass is 16.8. The Morgan fingerprint density at radius 3 is 2.43 bits per heavy atom. The van der Waals surface area contributed by atoms with Crippen LogP contribution < -0.4 is 0 Å². The van der Waals surface area contributed by atoms with E-state index in [2.05, 4.69) is 0 Å². The van der Waals surface area contributed by atoms with E-state index in [9.17, 15) is 9.59 Å². The first kappa shape index (κ1) is 27.4. The van der Waals surface area contributed by atoms with Crippen molar-refractivity contribution in [2.75, 3.05) is 19.9 Å². The zero-order valence-corrected chi connectivity index (χ0v) is 21.6. The van der Waals surface area contributed by atoms with Crippen LogP contribution in [0.15, 0.2) is 30.3 Å². The number of benzene rings is 1. The minimum absolute atomic E-state index is 0.0520. The second kappa shape index (κ2) is 13.2. The van der Waals surface area contributed by atoms with Crippen molar-refractivity contribution in [2.45, 2.75) is 96.9 Å². The lowest BCUT2D eigenvalue weighted by Gasteiger charge is -2.36. The zero-order valence-electron chi connectivity index (χ0n) is 21.6. The van der Waals surface area contributed by atoms with E-state index in [0.717, 1.165) is 44.1 Å². The molecule has 2 aliphatic rings. The molecule has 8 nitrogen and oxygen atoms in total. The van der Waals surface area contributed by atoms with Crippen LogP contribution in [-0.4, -0.2) is 60.9 Å². The summed E-state index contributed by atoms with van der Waals surface area (Å²) >= 11 is 0. The summed E-state index contributed by atoms with van der Waals surface area (Å²) in [5.41, 5.74) is 0.480. The van der Waals surface area contributed by atoms with Crippen LogP contribution in [0.25, 0.3) is 0 Å². The second-order valence-corrected chi connectivity index (χ2v) is 10.2. The number of rotatable bonds is 10. The summed E-state index contributed by atoms with van der Waals surface area (Å²) in [6, 6.07) is 9.64. The standard InChI is InChI=1S/C27H41NO7/c1-5-32-24(29)21-13-15-22(16-14-21)34-25(33-19-31-18-20-10-7-6-8-11-20)23-12-9-17-28(23)26(30)35-27(2,3)4/h6-8,10-11,21-23,25H,5,9,12-19H2,1-4H3/t21?,22?,23-,25?/m0/s1. The van der Waals surface area contributed by atoms with Crippen LogP contribution >= 0.6 is 0 Å². The summed E-state index contributed by atoms with van der Waals surface area (Å²) in [5.74, 6) is -0.201. The molecule has 1 amide bonds. The molecule has 0 spiro atoms. The average molecular weight is 492 g/mol. The Morgan fingerprint density at radius 1 is 1.06 bits per heavy atom. The lowest BCUT2D eigenvalue weighted by Crippen LogP contribution is -2.48. The molecule has 0 radical (unpaired) electrons. The Bertz CT molecular complexity index is 786. The van der Waals surface area contributed by atoms with Gasteiger partial charge in [0, 0.05) is 6.54 Å². The van der Waals surface area contributed by atoms with E-state index in [-0.39, 0.29) is 36.9 Å². The number of likely N-dealkylation sites (tertiary alicyclic amines) is 1. The molecule has 35 heavy (non-hydrogen) atoms. The topological polar surface area (TPSA) is 83.5 Å². The molecular weight excluding hydrogens is 450 g/mol. The molecule has 8 heteroatoms. The van der Waals surface area contributed by atoms with Crippen LogP contribution in [-0.2, 0) is 35.1 Å². The highest BCUT2D eigenvalue weighted by Crippen LogP contribution is 2.31. The average Bonchev–Trinajstić information content (AvgIpc) is 3.31. The molecule has 2 fully saturated rings. The molecule has 1 heterocycles. The van der Waals surface area contributed by atoms with Gasteiger partial charge in [-0.1, -0.05) is 30.3 Å². The summed E-state index contributed by atoms with van der Waals surface area (Å²) in [5, 5.41) is 0. The first-order chi connectivity index (χ1) is 16.8. The van der Waals surface area contributed by atoms with E-state index < -0.39 is 11.9 Å². The van der Waals surface area contributed by atoms with E-state index in [1.54, 1.807) is 4.90 Å². The van der Waals surface area contributed by atoms with Crippen molar-refractivity contribution in [2.24, 2.45) is 5.92 Å². The Morgan fingerprint density at radius 2 is 1.77 bits per heavy atom. The number of carbonyl (C=O) groups excluding carboxylic acids is 2. The van der Waals surface area contributed by atoms with Crippen LogP contribution in [0.3, 0.4) is 0 Å². The Balaban J connectivity index is 1.60. The Kier molecular flexibility index (Phi) is 10.4. The number of hydrogen-bond donors (Lipinski definition) is 0. The maximum Gasteiger partial charge on any atom is 0.410 e. The number of nitrogens with zero attached hydrogens (tertiary/aromatic N) is 1. The second-order valence-electron chi connectivity index (χ2n) is 10.2. The normalized spacial score (nSPS) is 23.7. The van der Waals surface area contributed by atoms with Gasteiger partial charge in [0.2, 0.25) is 0 Å². The summed E-state index contributed by atoms with van der Waals surface area (Å²) < 4.78 is 29.1. The molecule has 1 unspecified atom stereocenters. The maximum absolute atomic E-state index is 12.9. The van der Waals surface area contributed by atoms with Crippen LogP contribution in [0.2, 0.25) is 0 Å². The van der Waals surface area contributed by atoms with Gasteiger partial charge in [0.15, 0.2) is 6.29 Å². The third-order valence-electron chi connectivity index (χ3n) is 6.29. The van der Waals surface area contributed by atoms with Gasteiger partial charge in [-0.05, 0) is 71.8 Å². The summed E-state index contributed by atoms with van der Waals surface area (Å²) in [6.45, 7) is 8.89. The molecule has 2 atom stereocenters. The third-order valence-corrected chi connectivity index (χ3v) is 6.29. The molecule has 3 rings (SSSR count). The van der Waals surface area contributed by atoms with Gasteiger partial charge in [0.1, 0.15) is 12.4 Å². The molecule has 1 aromatic rings. The third kappa shape index (κ3) is 8.78. The van der Waals surface area contributed by atoms with Gasteiger partial charge in [0.05, 0.1) is 31.3 Å². The number of esters is 1. The highest BCUT2D eigenvalue weighted by molar-refractivity contribution is 5.72. The molecule has 0 N–H and O–H groups in total. The Hall–Kier alpha value is -2.16. The van der Waals surface area contributed by atoms with E-state index in [1.165, 1.54) is 0 Å². The molecule has 1 aromatic carbocycles. The minimum atomic E-state index is -0.634. The van der Waals surface area contributed by atoms with E-state index >= 15 is 0 Å².